The Morgan fingerprint density at radius 2 is 0.0152 bits per heavy atom. The van der Waals surface area contributed by atoms with E-state index in [0.29, 0.717) is 0 Å². The van der Waals surface area contributed by atoms with Crippen LogP contribution in [0.15, 0.2) is 0 Å². The van der Waals surface area contributed by atoms with Crippen LogP contribution in [0.2, 0.25) is 0 Å². The normalized spacial score (nSPS) is 0. The van der Waals surface area contributed by atoms with Crippen LogP contribution in [0.5, 0.6) is 0 Å². The van der Waals surface area contributed by atoms with Crippen molar-refractivity contribution in [1.29, 1.82) is 0 Å². The molecule has 0 aromatic rings. The highest BCUT2D eigenvalue weighted by Crippen LogP contribution is 0.209. The highest BCUT2D eigenvalue weighted by molar-refractivity contribution is 2.57. The molecule has 0 bridgehead atoms. The Morgan fingerprint density at radius 3 is 0.0152 bits per heavy atom. The lowest BCUT2D eigenvalue weighted by molar-refractivity contribution is 2.50. The summed E-state index contributed by atoms with van der Waals surface area (Å²) in [6, 6.07) is 0. The molecule has 0 saturated carbocycles. The van der Waals surface area contributed by atoms with Gasteiger partial charge in [0.15, 0.2) is 0 Å². The first kappa shape index (κ1) is 0. The van der Waals surface area contributed by atoms with Gasteiger partial charge in [-0.15, -0.1) is 0 Å². The number of hydrogen-bond donors (Lipinski definition) is 0. The fourth-order valence-electron chi connectivity index (χ4n) is 0. The van der Waals surface area contributed by atoms with Crippen LogP contribution in [-0.4, -0.2) is 0 Å². The van der Waals surface area contributed by atoms with Crippen molar-refractivity contribution in [2.45, 2.75) is 490 Å². The third-order valence-electron chi connectivity index (χ3n) is 0. The summed E-state index contributed by atoms with van der Waals surface area (Å²) in [7, 11) is 0. The molecule has 0 aliphatic carbocycles. The standard InChI is InChI=1S/66CH4/h66*1H4. The molecule has 0 unspecified atom stereocenters. The van der Waals surface area contributed by atoms with Crippen LogP contribution >= 0.6 is 0 Å². The minimum Gasteiger partial charge on any atom is -0.0776 e. The zero-order valence-electron chi connectivity index (χ0n) is 0. The van der Waals surface area contributed by atoms with E-state index in [1.54, 1.807) is 0 Å². The van der Waals surface area contributed by atoms with Gasteiger partial charge < -0.3 is 0 Å². The third-order valence-corrected chi connectivity index (χ3v) is 0. The van der Waals surface area contributed by atoms with Crippen molar-refractivity contribution in [3.05, 3.63) is 0 Å². The summed E-state index contributed by atoms with van der Waals surface area (Å²) >= 11 is 0. The Morgan fingerprint density at radius 1 is 0.0152 bits per heavy atom. The molecule has 0 amide bonds. The summed E-state index contributed by atoms with van der Waals surface area (Å²) in [6.45, 7) is 0. The Bertz CT molecular complexity index is 0. The van der Waals surface area contributed by atoms with Crippen LogP contribution in [0.3, 0.4) is 0 Å². The van der Waals surface area contributed by atoms with Gasteiger partial charge in [0.1, 0.15) is 0 Å². The smallest absolute Gasteiger partial charge is 0.0776 e. The van der Waals surface area contributed by atoms with Gasteiger partial charge in [0.05, 0.1) is 0 Å². The first-order chi connectivity index (χ1) is 0. The zero-order valence-corrected chi connectivity index (χ0v) is 0. The van der Waals surface area contributed by atoms with Gasteiger partial charge >= 0.3 is 0 Å². The molecule has 0 heteroatoms. The van der Waals surface area contributed by atoms with Gasteiger partial charge in [0, 0.05) is 0 Å². The number of hydrogen-bond acceptors (Lipinski definition) is 0. The maximum absolute atomic E-state index is 0. The summed E-state index contributed by atoms with van der Waals surface area (Å²) in [5.74, 6) is 0. The molecule has 0 aliphatic rings. The fourth-order valence-corrected chi connectivity index (χ4v) is 0. The lowest BCUT2D eigenvalue weighted by atomic mass is 12.0. The van der Waals surface area contributed by atoms with E-state index in [1.807, 2.05) is 0 Å². The minimum atomic E-state index is 0. The first-order valence-corrected chi connectivity index (χ1v) is 0. The highest BCUT2D eigenvalue weighted by Gasteiger charge is -0.0126. The van der Waals surface area contributed by atoms with Crippen LogP contribution in [0.25, 0.3) is 0 Å². The van der Waals surface area contributed by atoms with E-state index < -0.39 is 0 Å². The molecule has 0 saturated heterocycles. The summed E-state index contributed by atoms with van der Waals surface area (Å²) in [5.41, 5.74) is 0. The van der Waals surface area contributed by atoms with E-state index in [0.717, 1.165) is 0 Å². The van der Waals surface area contributed by atoms with E-state index in [9.17, 15) is 0 Å². The van der Waals surface area contributed by atoms with Crippen molar-refractivity contribution in [3.8, 4) is 0 Å². The average Bonchev–Trinajstić information content (AvgIpc) is 0. The van der Waals surface area contributed by atoms with Gasteiger partial charge in [0.25, 0.3) is 0 Å². The van der Waals surface area contributed by atoms with Crippen molar-refractivity contribution >= 4 is 0 Å². The van der Waals surface area contributed by atoms with E-state index in [-0.39, 0.29) is 490 Å². The maximum atomic E-state index is 0. The molecule has 0 spiro atoms. The van der Waals surface area contributed by atoms with Crippen LogP contribution in [0.1, 0.15) is 490 Å². The molecule has 0 fully saturated rings. The van der Waals surface area contributed by atoms with Gasteiger partial charge in [0.2, 0.25) is 0 Å². The fraction of sp³-hybridized carbons (Fsp3) is 1.00. The highest BCUT2D eigenvalue weighted by atomic mass is 12.1. The van der Waals surface area contributed by atoms with E-state index in [4.69, 9.17) is 0 Å². The van der Waals surface area contributed by atoms with Crippen molar-refractivity contribution in [1.82, 2.24) is 0 Å². The first-order valence-electron chi connectivity index (χ1n) is 0. The van der Waals surface area contributed by atoms with Gasteiger partial charge in [-0.05, 0) is 0 Å². The van der Waals surface area contributed by atoms with Gasteiger partial charge in [-0.3, -0.25) is 0 Å². The minimum absolute atomic E-state index is 0. The Kier molecular flexibility index (Phi) is 0. The lowest BCUT2D eigenvalue weighted by Crippen LogP contribution is 0.143. The molecule has 0 aromatic carbocycles. The number of rotatable bonds is 0. The second kappa shape index (κ2) is 0. The van der Waals surface area contributed by atoms with Gasteiger partial charge in [-0.1, -0.05) is 490 Å². The molecule has 0 nitrogen and oxygen atoms in total. The Labute approximate surface area is 488 Å². The SMILES string of the molecule is C.C.C.C.C.C.C.C.C.C.C.C.C.C.C.C.C.C.C.C.C.C.C.C.C.C.C.C.C.C.C.C.C.C.C.C.C.C.C.C.C.C.C.C.C.C.C.C.C.C.C.C.C.C.C.C.C.C.C.C.C.C.C.C.C.C. The predicted octanol–water partition coefficient (Wildman–Crippen LogP) is 42.0. The molecule has 0 N–H and O–H groups in total. The van der Waals surface area contributed by atoms with Crippen LogP contribution in [0.4, 0.5) is 0 Å². The largest absolute Gasteiger partial charge is 0.0776 e. The van der Waals surface area contributed by atoms with E-state index >= 15 is 0 Å². The molecular weight excluding hydrogens is 793 g/mol. The molecule has 0 rings (SSSR count). The Hall–Kier alpha value is 0. The van der Waals surface area contributed by atoms with E-state index in [1.165, 1.54) is 0 Å². The molecule has 0 radical (unpaired) electrons. The second-order valence-electron chi connectivity index (χ2n) is 0. The topological polar surface area (TPSA) is 0 Å². The molecular formula is C66H264. The van der Waals surface area contributed by atoms with Gasteiger partial charge in [-0.2, -0.15) is 0 Å². The quantitative estimate of drug-likeness (QED) is 0.227. The van der Waals surface area contributed by atoms with Crippen molar-refractivity contribution in [2.75, 3.05) is 0 Å². The van der Waals surface area contributed by atoms with Crippen LogP contribution < -0.4 is 0 Å². The summed E-state index contributed by atoms with van der Waals surface area (Å²) in [6.07, 6.45) is 0. The van der Waals surface area contributed by atoms with Crippen molar-refractivity contribution in [2.24, 2.45) is 0 Å². The lowest BCUT2D eigenvalue weighted by Gasteiger charge is -0.0786. The van der Waals surface area contributed by atoms with Crippen molar-refractivity contribution < 1.29 is 0 Å². The zero-order chi connectivity index (χ0) is 0. The summed E-state index contributed by atoms with van der Waals surface area (Å²) in [5, 5.41) is 0. The van der Waals surface area contributed by atoms with Crippen LogP contribution in [0, 0.1) is 0 Å². The molecule has 0 aromatic heterocycles. The predicted molar refractivity (Wildman–Crippen MR) is 444 cm³/mol. The van der Waals surface area contributed by atoms with E-state index in [2.05, 4.69) is 0 Å². The molecule has 528 valence electrons. The van der Waals surface area contributed by atoms with Crippen LogP contribution in [-0.2, 0) is 0 Å². The maximum Gasteiger partial charge on any atom is -0.0776 e. The molecule has 0 aliphatic heterocycles. The average molecular weight is 1060 g/mol. The summed E-state index contributed by atoms with van der Waals surface area (Å²) < 4.78 is 0. The van der Waals surface area contributed by atoms with Gasteiger partial charge in [-0.25, -0.2) is 0 Å². The van der Waals surface area contributed by atoms with Crippen molar-refractivity contribution in [3.63, 3.8) is 0 Å². The second-order valence-corrected chi connectivity index (χ2v) is 0. The Balaban J connectivity index is 0. The molecule has 0 atom stereocenters. The molecule has 0 heterocycles. The monoisotopic (exact) mass is 1060 g/mol. The third kappa shape index (κ3) is 0. The summed E-state index contributed by atoms with van der Waals surface area (Å²) in [4.78, 5) is 0. The molecule has 66 heavy (non-hydrogen) atoms.